The summed E-state index contributed by atoms with van der Waals surface area (Å²) in [5.74, 6) is 0. The summed E-state index contributed by atoms with van der Waals surface area (Å²) in [5, 5.41) is 3.46. The van der Waals surface area contributed by atoms with Crippen molar-refractivity contribution in [1.29, 1.82) is 0 Å². The predicted molar refractivity (Wildman–Crippen MR) is 74.9 cm³/mol. The first-order chi connectivity index (χ1) is 8.29. The van der Waals surface area contributed by atoms with E-state index in [9.17, 15) is 0 Å². The summed E-state index contributed by atoms with van der Waals surface area (Å²) in [6.07, 6.45) is 2.14. The quantitative estimate of drug-likeness (QED) is 0.870. The molecule has 0 aliphatic carbocycles. The lowest BCUT2D eigenvalue weighted by molar-refractivity contribution is 1.02. The normalized spacial score (nSPS) is 10.5. The summed E-state index contributed by atoms with van der Waals surface area (Å²) in [6, 6.07) is 8.62. The molecule has 90 valence electrons. The molecule has 0 bridgehead atoms. The number of thiazole rings is 1. The fourth-order valence-electron chi connectivity index (χ4n) is 1.79. The van der Waals surface area contributed by atoms with E-state index in [1.165, 1.54) is 21.8 Å². The molecule has 0 aliphatic rings. The minimum absolute atomic E-state index is 0.968. The molecule has 3 heteroatoms. The van der Waals surface area contributed by atoms with Crippen LogP contribution in [0.5, 0.6) is 0 Å². The lowest BCUT2D eigenvalue weighted by Gasteiger charge is -2.07. The van der Waals surface area contributed by atoms with Crippen molar-refractivity contribution < 1.29 is 0 Å². The van der Waals surface area contributed by atoms with Crippen molar-refractivity contribution in [2.24, 2.45) is 0 Å². The van der Waals surface area contributed by atoms with Gasteiger partial charge < -0.3 is 5.32 Å². The third kappa shape index (κ3) is 3.30. The zero-order chi connectivity index (χ0) is 12.1. The highest BCUT2D eigenvalue weighted by molar-refractivity contribution is 7.09. The predicted octanol–water partition coefficient (Wildman–Crippen LogP) is 3.67. The third-order valence-electron chi connectivity index (χ3n) is 2.86. The van der Waals surface area contributed by atoms with Gasteiger partial charge in [0.15, 0.2) is 0 Å². The van der Waals surface area contributed by atoms with Crippen molar-refractivity contribution in [1.82, 2.24) is 4.98 Å². The average molecular weight is 246 g/mol. The molecular formula is C14H18N2S. The van der Waals surface area contributed by atoms with Gasteiger partial charge in [0.25, 0.3) is 0 Å². The molecule has 0 spiro atoms. The molecule has 0 fully saturated rings. The van der Waals surface area contributed by atoms with Crippen molar-refractivity contribution in [3.05, 3.63) is 45.9 Å². The molecule has 2 nitrogen and oxygen atoms in total. The van der Waals surface area contributed by atoms with Gasteiger partial charge in [-0.05, 0) is 31.0 Å². The topological polar surface area (TPSA) is 24.9 Å². The number of rotatable bonds is 5. The maximum absolute atomic E-state index is 4.26. The first kappa shape index (κ1) is 12.1. The van der Waals surface area contributed by atoms with Crippen LogP contribution in [0.15, 0.2) is 29.8 Å². The Balaban J connectivity index is 1.87. The van der Waals surface area contributed by atoms with Crippen LogP contribution in [0, 0.1) is 6.92 Å². The number of aromatic nitrogens is 1. The fraction of sp³-hybridized carbons (Fsp3) is 0.357. The molecule has 1 aromatic heterocycles. The van der Waals surface area contributed by atoms with E-state index in [1.807, 2.05) is 5.51 Å². The lowest BCUT2D eigenvalue weighted by Crippen LogP contribution is -2.04. The van der Waals surface area contributed by atoms with Crippen molar-refractivity contribution in [3.63, 3.8) is 0 Å². The van der Waals surface area contributed by atoms with Crippen molar-refractivity contribution in [2.45, 2.75) is 26.7 Å². The minimum atomic E-state index is 0.968. The van der Waals surface area contributed by atoms with Crippen LogP contribution in [-0.2, 0) is 12.8 Å². The molecular weight excluding hydrogens is 228 g/mol. The molecule has 0 atom stereocenters. The molecule has 1 N–H and O–H groups in total. The molecule has 0 radical (unpaired) electrons. The van der Waals surface area contributed by atoms with Crippen molar-refractivity contribution in [3.8, 4) is 0 Å². The number of nitrogens with one attached hydrogen (secondary N) is 1. The first-order valence-corrected chi connectivity index (χ1v) is 6.89. The molecule has 0 unspecified atom stereocenters. The van der Waals surface area contributed by atoms with Gasteiger partial charge >= 0.3 is 0 Å². The van der Waals surface area contributed by atoms with Crippen LogP contribution < -0.4 is 5.32 Å². The molecule has 2 rings (SSSR count). The van der Waals surface area contributed by atoms with E-state index in [4.69, 9.17) is 0 Å². The Bertz CT molecular complexity index is 477. The SMILES string of the molecule is CCc1cccc(NCCc2scnc2C)c1. The van der Waals surface area contributed by atoms with Crippen LogP contribution in [-0.4, -0.2) is 11.5 Å². The highest BCUT2D eigenvalue weighted by Crippen LogP contribution is 2.14. The van der Waals surface area contributed by atoms with E-state index in [2.05, 4.69) is 48.4 Å². The lowest BCUT2D eigenvalue weighted by atomic mass is 10.1. The van der Waals surface area contributed by atoms with E-state index >= 15 is 0 Å². The standard InChI is InChI=1S/C14H18N2S/c1-3-12-5-4-6-13(9-12)15-8-7-14-11(2)16-10-17-14/h4-6,9-10,15H,3,7-8H2,1-2H3. The average Bonchev–Trinajstić information content (AvgIpc) is 2.76. The molecule has 0 saturated carbocycles. The second-order valence-corrected chi connectivity index (χ2v) is 5.03. The molecule has 2 aromatic rings. The van der Waals surface area contributed by atoms with Crippen LogP contribution in [0.3, 0.4) is 0 Å². The highest BCUT2D eigenvalue weighted by atomic mass is 32.1. The monoisotopic (exact) mass is 246 g/mol. The molecule has 17 heavy (non-hydrogen) atoms. The number of hydrogen-bond acceptors (Lipinski definition) is 3. The van der Waals surface area contributed by atoms with Gasteiger partial charge in [0.05, 0.1) is 11.2 Å². The van der Waals surface area contributed by atoms with Crippen LogP contribution in [0.25, 0.3) is 0 Å². The van der Waals surface area contributed by atoms with E-state index in [0.29, 0.717) is 0 Å². The largest absolute Gasteiger partial charge is 0.385 e. The van der Waals surface area contributed by atoms with Crippen LogP contribution in [0.2, 0.25) is 0 Å². The molecule has 1 heterocycles. The zero-order valence-electron chi connectivity index (χ0n) is 10.4. The Morgan fingerprint density at radius 3 is 2.94 bits per heavy atom. The van der Waals surface area contributed by atoms with Crippen LogP contribution in [0.1, 0.15) is 23.1 Å². The van der Waals surface area contributed by atoms with Gasteiger partial charge in [-0.15, -0.1) is 11.3 Å². The second-order valence-electron chi connectivity index (χ2n) is 4.09. The number of anilines is 1. The molecule has 0 aliphatic heterocycles. The van der Waals surface area contributed by atoms with Gasteiger partial charge in [0.2, 0.25) is 0 Å². The third-order valence-corrected chi connectivity index (χ3v) is 3.86. The van der Waals surface area contributed by atoms with Crippen LogP contribution >= 0.6 is 11.3 Å². The van der Waals surface area contributed by atoms with Gasteiger partial charge in [-0.1, -0.05) is 19.1 Å². The summed E-state index contributed by atoms with van der Waals surface area (Å²) in [7, 11) is 0. The number of aryl methyl sites for hydroxylation is 2. The molecule has 0 amide bonds. The Morgan fingerprint density at radius 2 is 2.24 bits per heavy atom. The zero-order valence-corrected chi connectivity index (χ0v) is 11.2. The first-order valence-electron chi connectivity index (χ1n) is 6.01. The van der Waals surface area contributed by atoms with Gasteiger partial charge in [-0.3, -0.25) is 0 Å². The van der Waals surface area contributed by atoms with E-state index in [0.717, 1.165) is 19.4 Å². The maximum Gasteiger partial charge on any atom is 0.0797 e. The van der Waals surface area contributed by atoms with Crippen molar-refractivity contribution >= 4 is 17.0 Å². The van der Waals surface area contributed by atoms with Gasteiger partial charge in [-0.25, -0.2) is 4.98 Å². The number of benzene rings is 1. The molecule has 0 saturated heterocycles. The second kappa shape index (κ2) is 5.82. The Kier molecular flexibility index (Phi) is 4.15. The van der Waals surface area contributed by atoms with Crippen LogP contribution in [0.4, 0.5) is 5.69 Å². The Labute approximate surface area is 107 Å². The smallest absolute Gasteiger partial charge is 0.0797 e. The Morgan fingerprint density at radius 1 is 1.35 bits per heavy atom. The summed E-state index contributed by atoms with van der Waals surface area (Å²) in [6.45, 7) is 5.22. The summed E-state index contributed by atoms with van der Waals surface area (Å²) in [4.78, 5) is 5.64. The van der Waals surface area contributed by atoms with Crippen molar-refractivity contribution in [2.75, 3.05) is 11.9 Å². The van der Waals surface area contributed by atoms with Gasteiger partial charge in [0.1, 0.15) is 0 Å². The van der Waals surface area contributed by atoms with E-state index in [-0.39, 0.29) is 0 Å². The minimum Gasteiger partial charge on any atom is -0.385 e. The highest BCUT2D eigenvalue weighted by Gasteiger charge is 2.00. The fourth-order valence-corrected chi connectivity index (χ4v) is 2.57. The number of hydrogen-bond donors (Lipinski definition) is 1. The maximum atomic E-state index is 4.26. The summed E-state index contributed by atoms with van der Waals surface area (Å²) in [5.41, 5.74) is 5.68. The Hall–Kier alpha value is -1.35. The summed E-state index contributed by atoms with van der Waals surface area (Å²) >= 11 is 1.74. The molecule has 1 aromatic carbocycles. The van der Waals surface area contributed by atoms with Gasteiger partial charge in [0, 0.05) is 23.5 Å². The number of nitrogens with zero attached hydrogens (tertiary/aromatic N) is 1. The summed E-state index contributed by atoms with van der Waals surface area (Å²) < 4.78 is 0. The van der Waals surface area contributed by atoms with E-state index < -0.39 is 0 Å². The van der Waals surface area contributed by atoms with E-state index in [1.54, 1.807) is 11.3 Å². The van der Waals surface area contributed by atoms with Gasteiger partial charge in [-0.2, -0.15) is 0 Å².